The number of carbonyl (C=O) groups excluding carboxylic acids is 1. The van der Waals surface area contributed by atoms with E-state index in [0.717, 1.165) is 0 Å². The summed E-state index contributed by atoms with van der Waals surface area (Å²) in [7, 11) is 0. The second kappa shape index (κ2) is 5.16. The number of hydrogen-bond donors (Lipinski definition) is 4. The van der Waals surface area contributed by atoms with Crippen molar-refractivity contribution >= 4 is 5.91 Å². The first-order valence-corrected chi connectivity index (χ1v) is 2.97. The molecule has 5 nitrogen and oxygen atoms in total. The first-order valence-electron chi connectivity index (χ1n) is 2.97. The summed E-state index contributed by atoms with van der Waals surface area (Å²) in [5.74, 6) is -0.448. The Kier molecular flexibility index (Phi) is 4.82. The molecule has 1 amide bonds. The van der Waals surface area contributed by atoms with Gasteiger partial charge in [0.25, 0.3) is 0 Å². The molecular formula is C5H12N2O3. The molecule has 0 fully saturated rings. The standard InChI is InChI=1S/C5H12N2O3/c6-4(3-9)5(10)7-1-2-8/h4,8-9H,1-3,6H2,(H,7,10). The zero-order chi connectivity index (χ0) is 7.98. The van der Waals surface area contributed by atoms with Crippen molar-refractivity contribution in [1.82, 2.24) is 5.32 Å². The Morgan fingerprint density at radius 2 is 2.20 bits per heavy atom. The van der Waals surface area contributed by atoms with E-state index in [1.54, 1.807) is 0 Å². The summed E-state index contributed by atoms with van der Waals surface area (Å²) < 4.78 is 0. The van der Waals surface area contributed by atoms with Gasteiger partial charge in [-0.2, -0.15) is 0 Å². The monoisotopic (exact) mass is 148 g/mol. The van der Waals surface area contributed by atoms with Gasteiger partial charge < -0.3 is 21.3 Å². The number of nitrogens with two attached hydrogens (primary N) is 1. The van der Waals surface area contributed by atoms with Gasteiger partial charge in [0.15, 0.2) is 0 Å². The second-order valence-corrected chi connectivity index (χ2v) is 1.80. The molecule has 0 aliphatic carbocycles. The molecule has 0 aromatic heterocycles. The highest BCUT2D eigenvalue weighted by Crippen LogP contribution is 1.74. The van der Waals surface area contributed by atoms with E-state index < -0.39 is 11.9 Å². The molecule has 1 unspecified atom stereocenters. The molecule has 0 aliphatic heterocycles. The molecule has 60 valence electrons. The van der Waals surface area contributed by atoms with E-state index in [1.807, 2.05) is 0 Å². The predicted molar refractivity (Wildman–Crippen MR) is 35.2 cm³/mol. The Morgan fingerprint density at radius 3 is 2.60 bits per heavy atom. The zero-order valence-corrected chi connectivity index (χ0v) is 5.58. The SMILES string of the molecule is NC(CO)C(=O)NCCO. The largest absolute Gasteiger partial charge is 0.395 e. The third kappa shape index (κ3) is 3.39. The Hall–Kier alpha value is -0.650. The molecule has 0 radical (unpaired) electrons. The van der Waals surface area contributed by atoms with Crippen LogP contribution in [-0.4, -0.2) is 41.9 Å². The first kappa shape index (κ1) is 9.35. The van der Waals surface area contributed by atoms with Crippen LogP contribution in [0.25, 0.3) is 0 Å². The van der Waals surface area contributed by atoms with Crippen molar-refractivity contribution in [3.63, 3.8) is 0 Å². The van der Waals surface area contributed by atoms with Crippen molar-refractivity contribution in [2.24, 2.45) is 5.73 Å². The first-order chi connectivity index (χ1) is 4.72. The summed E-state index contributed by atoms with van der Waals surface area (Å²) in [6.07, 6.45) is 0. The lowest BCUT2D eigenvalue weighted by atomic mass is 10.3. The van der Waals surface area contributed by atoms with Crippen molar-refractivity contribution in [3.05, 3.63) is 0 Å². The third-order valence-corrected chi connectivity index (χ3v) is 0.945. The van der Waals surface area contributed by atoms with E-state index in [4.69, 9.17) is 15.9 Å². The van der Waals surface area contributed by atoms with Crippen LogP contribution in [0.3, 0.4) is 0 Å². The van der Waals surface area contributed by atoms with E-state index in [2.05, 4.69) is 5.32 Å². The maximum atomic E-state index is 10.6. The van der Waals surface area contributed by atoms with Crippen LogP contribution >= 0.6 is 0 Å². The summed E-state index contributed by atoms with van der Waals surface area (Å²) in [5.41, 5.74) is 5.11. The summed E-state index contributed by atoms with van der Waals surface area (Å²) in [4.78, 5) is 10.6. The summed E-state index contributed by atoms with van der Waals surface area (Å²) in [5, 5.41) is 18.9. The maximum absolute atomic E-state index is 10.6. The molecule has 0 rings (SSSR count). The highest BCUT2D eigenvalue weighted by molar-refractivity contribution is 5.81. The minimum Gasteiger partial charge on any atom is -0.395 e. The van der Waals surface area contributed by atoms with E-state index in [9.17, 15) is 4.79 Å². The fourth-order valence-corrected chi connectivity index (χ4v) is 0.393. The number of aliphatic hydroxyl groups excluding tert-OH is 2. The van der Waals surface area contributed by atoms with Crippen LogP contribution in [0.1, 0.15) is 0 Å². The lowest BCUT2D eigenvalue weighted by Gasteiger charge is -2.07. The van der Waals surface area contributed by atoms with Crippen LogP contribution in [-0.2, 0) is 4.79 Å². The van der Waals surface area contributed by atoms with Gasteiger partial charge in [-0.15, -0.1) is 0 Å². The molecule has 0 bridgehead atoms. The van der Waals surface area contributed by atoms with Gasteiger partial charge in [-0.05, 0) is 0 Å². The van der Waals surface area contributed by atoms with E-state index in [-0.39, 0.29) is 19.8 Å². The van der Waals surface area contributed by atoms with Gasteiger partial charge in [0, 0.05) is 6.54 Å². The average molecular weight is 148 g/mol. The highest BCUT2D eigenvalue weighted by atomic mass is 16.3. The highest BCUT2D eigenvalue weighted by Gasteiger charge is 2.09. The third-order valence-electron chi connectivity index (χ3n) is 0.945. The molecule has 5 heteroatoms. The molecule has 1 atom stereocenters. The molecule has 0 saturated heterocycles. The van der Waals surface area contributed by atoms with Crippen LogP contribution in [0.5, 0.6) is 0 Å². The van der Waals surface area contributed by atoms with Crippen LogP contribution in [0.2, 0.25) is 0 Å². The van der Waals surface area contributed by atoms with E-state index >= 15 is 0 Å². The number of nitrogens with one attached hydrogen (secondary N) is 1. The molecule has 0 spiro atoms. The van der Waals surface area contributed by atoms with Crippen LogP contribution in [0.4, 0.5) is 0 Å². The molecule has 0 aliphatic rings. The Labute approximate surface area is 58.8 Å². The summed E-state index contributed by atoms with van der Waals surface area (Å²) in [6.45, 7) is -0.326. The van der Waals surface area contributed by atoms with Crippen LogP contribution in [0.15, 0.2) is 0 Å². The summed E-state index contributed by atoms with van der Waals surface area (Å²) >= 11 is 0. The smallest absolute Gasteiger partial charge is 0.239 e. The number of amides is 1. The maximum Gasteiger partial charge on any atom is 0.239 e. The van der Waals surface area contributed by atoms with Crippen molar-refractivity contribution in [2.75, 3.05) is 19.8 Å². The molecule has 5 N–H and O–H groups in total. The number of aliphatic hydroxyl groups is 2. The lowest BCUT2D eigenvalue weighted by molar-refractivity contribution is -0.123. The van der Waals surface area contributed by atoms with Gasteiger partial charge >= 0.3 is 0 Å². The minimum atomic E-state index is -0.883. The van der Waals surface area contributed by atoms with Crippen LogP contribution < -0.4 is 11.1 Å². The second-order valence-electron chi connectivity index (χ2n) is 1.80. The molecule has 0 aromatic carbocycles. The Morgan fingerprint density at radius 1 is 1.60 bits per heavy atom. The topological polar surface area (TPSA) is 95.6 Å². The van der Waals surface area contributed by atoms with Crippen molar-refractivity contribution in [3.8, 4) is 0 Å². The van der Waals surface area contributed by atoms with Crippen molar-refractivity contribution in [1.29, 1.82) is 0 Å². The van der Waals surface area contributed by atoms with Crippen molar-refractivity contribution in [2.45, 2.75) is 6.04 Å². The number of hydrogen-bond acceptors (Lipinski definition) is 4. The Bertz CT molecular complexity index is 107. The van der Waals surface area contributed by atoms with Gasteiger partial charge in [-0.25, -0.2) is 0 Å². The zero-order valence-electron chi connectivity index (χ0n) is 5.58. The van der Waals surface area contributed by atoms with Gasteiger partial charge in [-0.3, -0.25) is 4.79 Å². The molecule has 10 heavy (non-hydrogen) atoms. The number of rotatable bonds is 4. The molecule has 0 heterocycles. The molecule has 0 aromatic rings. The van der Waals surface area contributed by atoms with Crippen LogP contribution in [0, 0.1) is 0 Å². The normalized spacial score (nSPS) is 12.7. The molecule has 0 saturated carbocycles. The molecular weight excluding hydrogens is 136 g/mol. The predicted octanol–water partition coefficient (Wildman–Crippen LogP) is -2.59. The average Bonchev–Trinajstić information content (AvgIpc) is 1.98. The summed E-state index contributed by atoms with van der Waals surface area (Å²) in [6, 6.07) is -0.883. The number of carbonyl (C=O) groups is 1. The van der Waals surface area contributed by atoms with E-state index in [0.29, 0.717) is 0 Å². The minimum absolute atomic E-state index is 0.121. The van der Waals surface area contributed by atoms with Crippen molar-refractivity contribution < 1.29 is 15.0 Å². The van der Waals surface area contributed by atoms with E-state index in [1.165, 1.54) is 0 Å². The fourth-order valence-electron chi connectivity index (χ4n) is 0.393. The quantitative estimate of drug-likeness (QED) is 0.352. The van der Waals surface area contributed by atoms with Gasteiger partial charge in [-0.1, -0.05) is 0 Å². The fraction of sp³-hybridized carbons (Fsp3) is 0.800. The van der Waals surface area contributed by atoms with Gasteiger partial charge in [0.2, 0.25) is 5.91 Å². The Balaban J connectivity index is 3.42. The van der Waals surface area contributed by atoms with Gasteiger partial charge in [0.1, 0.15) is 6.04 Å². The lowest BCUT2D eigenvalue weighted by Crippen LogP contribution is -2.43. The van der Waals surface area contributed by atoms with Gasteiger partial charge in [0.05, 0.1) is 13.2 Å².